The minimum absolute atomic E-state index is 0.845. The summed E-state index contributed by atoms with van der Waals surface area (Å²) in [7, 11) is 0. The number of hydrogen-bond acceptors (Lipinski definition) is 1. The Morgan fingerprint density at radius 1 is 1.44 bits per heavy atom. The SMILES string of the molecule is CC(C)CN1CC(C)C1. The molecule has 0 aromatic heterocycles. The van der Waals surface area contributed by atoms with Crippen molar-refractivity contribution in [2.75, 3.05) is 19.6 Å². The quantitative estimate of drug-likeness (QED) is 0.544. The second kappa shape index (κ2) is 2.70. The molecule has 1 fully saturated rings. The Balaban J connectivity index is 2.04. The fourth-order valence-electron chi connectivity index (χ4n) is 1.49. The van der Waals surface area contributed by atoms with Crippen LogP contribution in [0.3, 0.4) is 0 Å². The predicted molar refractivity (Wildman–Crippen MR) is 40.4 cm³/mol. The number of nitrogens with zero attached hydrogens (tertiary/aromatic N) is 1. The summed E-state index contributed by atoms with van der Waals surface area (Å²) in [6.45, 7) is 10.8. The molecule has 1 heterocycles. The van der Waals surface area contributed by atoms with Crippen molar-refractivity contribution in [1.82, 2.24) is 4.90 Å². The second-order valence-electron chi connectivity index (χ2n) is 3.72. The van der Waals surface area contributed by atoms with E-state index in [0.29, 0.717) is 0 Å². The normalized spacial score (nSPS) is 22.7. The minimum Gasteiger partial charge on any atom is -0.302 e. The average Bonchev–Trinajstić information content (AvgIpc) is 1.60. The molecule has 1 aliphatic heterocycles. The summed E-state index contributed by atoms with van der Waals surface area (Å²) < 4.78 is 0. The van der Waals surface area contributed by atoms with Crippen LogP contribution in [0.1, 0.15) is 20.8 Å². The summed E-state index contributed by atoms with van der Waals surface area (Å²) in [5.74, 6) is 1.81. The third kappa shape index (κ3) is 1.98. The summed E-state index contributed by atoms with van der Waals surface area (Å²) in [6, 6.07) is 0. The van der Waals surface area contributed by atoms with E-state index < -0.39 is 0 Å². The van der Waals surface area contributed by atoms with Crippen molar-refractivity contribution in [3.05, 3.63) is 0 Å². The van der Waals surface area contributed by atoms with Crippen LogP contribution in [0.15, 0.2) is 0 Å². The molecule has 1 saturated heterocycles. The molecule has 0 aromatic carbocycles. The molecule has 0 bridgehead atoms. The van der Waals surface area contributed by atoms with Gasteiger partial charge < -0.3 is 4.90 Å². The Kier molecular flexibility index (Phi) is 2.12. The molecule has 1 nitrogen and oxygen atoms in total. The molecule has 0 amide bonds. The maximum absolute atomic E-state index is 2.52. The van der Waals surface area contributed by atoms with E-state index >= 15 is 0 Å². The highest BCUT2D eigenvalue weighted by Crippen LogP contribution is 2.15. The predicted octanol–water partition coefficient (Wildman–Crippen LogP) is 1.59. The van der Waals surface area contributed by atoms with Gasteiger partial charge >= 0.3 is 0 Å². The highest BCUT2D eigenvalue weighted by Gasteiger charge is 2.21. The molecule has 0 radical (unpaired) electrons. The highest BCUT2D eigenvalue weighted by molar-refractivity contribution is 4.76. The van der Waals surface area contributed by atoms with Gasteiger partial charge in [-0.1, -0.05) is 20.8 Å². The smallest absolute Gasteiger partial charge is 0.00195 e. The maximum Gasteiger partial charge on any atom is 0.00195 e. The van der Waals surface area contributed by atoms with E-state index in [9.17, 15) is 0 Å². The van der Waals surface area contributed by atoms with E-state index in [1.54, 1.807) is 0 Å². The van der Waals surface area contributed by atoms with Crippen LogP contribution in [0.2, 0.25) is 0 Å². The topological polar surface area (TPSA) is 3.24 Å². The molecular weight excluding hydrogens is 110 g/mol. The first-order chi connectivity index (χ1) is 4.18. The van der Waals surface area contributed by atoms with Crippen molar-refractivity contribution in [3.8, 4) is 0 Å². The van der Waals surface area contributed by atoms with Gasteiger partial charge in [-0.15, -0.1) is 0 Å². The van der Waals surface area contributed by atoms with Gasteiger partial charge in [0.15, 0.2) is 0 Å². The Bertz CT molecular complexity index is 82.6. The van der Waals surface area contributed by atoms with Crippen molar-refractivity contribution in [1.29, 1.82) is 0 Å². The molecule has 0 unspecified atom stereocenters. The molecule has 54 valence electrons. The fourth-order valence-corrected chi connectivity index (χ4v) is 1.49. The zero-order valence-corrected chi connectivity index (χ0v) is 6.72. The average molecular weight is 127 g/mol. The lowest BCUT2D eigenvalue weighted by molar-refractivity contribution is 0.0987. The second-order valence-corrected chi connectivity index (χ2v) is 3.72. The summed E-state index contributed by atoms with van der Waals surface area (Å²) in [5.41, 5.74) is 0. The zero-order chi connectivity index (χ0) is 6.85. The standard InChI is InChI=1S/C8H17N/c1-7(2)4-9-5-8(3)6-9/h7-8H,4-6H2,1-3H3. The number of hydrogen-bond donors (Lipinski definition) is 0. The van der Waals surface area contributed by atoms with Crippen LogP contribution in [0.25, 0.3) is 0 Å². The minimum atomic E-state index is 0.845. The first-order valence-corrected chi connectivity index (χ1v) is 3.91. The van der Waals surface area contributed by atoms with Gasteiger partial charge in [-0.25, -0.2) is 0 Å². The van der Waals surface area contributed by atoms with Crippen molar-refractivity contribution in [2.24, 2.45) is 11.8 Å². The van der Waals surface area contributed by atoms with Crippen molar-refractivity contribution in [3.63, 3.8) is 0 Å². The first-order valence-electron chi connectivity index (χ1n) is 3.91. The zero-order valence-electron chi connectivity index (χ0n) is 6.72. The van der Waals surface area contributed by atoms with Crippen LogP contribution in [0.5, 0.6) is 0 Å². The van der Waals surface area contributed by atoms with Crippen molar-refractivity contribution < 1.29 is 0 Å². The third-order valence-electron chi connectivity index (χ3n) is 1.76. The van der Waals surface area contributed by atoms with E-state index in [0.717, 1.165) is 11.8 Å². The lowest BCUT2D eigenvalue weighted by Gasteiger charge is -2.38. The van der Waals surface area contributed by atoms with Crippen LogP contribution >= 0.6 is 0 Å². The first kappa shape index (κ1) is 7.07. The van der Waals surface area contributed by atoms with Crippen LogP contribution in [-0.2, 0) is 0 Å². The van der Waals surface area contributed by atoms with Gasteiger partial charge in [0.2, 0.25) is 0 Å². The molecule has 0 aliphatic carbocycles. The molecule has 0 N–H and O–H groups in total. The summed E-state index contributed by atoms with van der Waals surface area (Å²) in [6.07, 6.45) is 0. The fraction of sp³-hybridized carbons (Fsp3) is 1.00. The molecule has 1 rings (SSSR count). The summed E-state index contributed by atoms with van der Waals surface area (Å²) in [4.78, 5) is 2.52. The van der Waals surface area contributed by atoms with Gasteiger partial charge in [-0.2, -0.15) is 0 Å². The summed E-state index contributed by atoms with van der Waals surface area (Å²) in [5, 5.41) is 0. The Hall–Kier alpha value is -0.0400. The largest absolute Gasteiger partial charge is 0.302 e. The molecular formula is C8H17N. The highest BCUT2D eigenvalue weighted by atomic mass is 15.2. The van der Waals surface area contributed by atoms with Crippen molar-refractivity contribution >= 4 is 0 Å². The van der Waals surface area contributed by atoms with E-state index in [2.05, 4.69) is 25.7 Å². The lowest BCUT2D eigenvalue weighted by atomic mass is 10.0. The van der Waals surface area contributed by atoms with Gasteiger partial charge in [0, 0.05) is 19.6 Å². The molecule has 9 heavy (non-hydrogen) atoms. The van der Waals surface area contributed by atoms with E-state index in [-0.39, 0.29) is 0 Å². The number of likely N-dealkylation sites (tertiary alicyclic amines) is 1. The van der Waals surface area contributed by atoms with Gasteiger partial charge in [0.25, 0.3) is 0 Å². The lowest BCUT2D eigenvalue weighted by Crippen LogP contribution is -2.46. The van der Waals surface area contributed by atoms with Crippen LogP contribution < -0.4 is 0 Å². The Labute approximate surface area is 58.0 Å². The van der Waals surface area contributed by atoms with Gasteiger partial charge in [0.1, 0.15) is 0 Å². The molecule has 0 saturated carbocycles. The Morgan fingerprint density at radius 3 is 2.33 bits per heavy atom. The molecule has 0 atom stereocenters. The number of rotatable bonds is 2. The third-order valence-corrected chi connectivity index (χ3v) is 1.76. The van der Waals surface area contributed by atoms with Gasteiger partial charge in [-0.05, 0) is 11.8 Å². The monoisotopic (exact) mass is 127 g/mol. The molecule has 0 aromatic rings. The van der Waals surface area contributed by atoms with Crippen LogP contribution in [0.4, 0.5) is 0 Å². The Morgan fingerprint density at radius 2 is 2.00 bits per heavy atom. The van der Waals surface area contributed by atoms with E-state index in [1.165, 1.54) is 19.6 Å². The van der Waals surface area contributed by atoms with E-state index in [4.69, 9.17) is 0 Å². The maximum atomic E-state index is 2.52. The van der Waals surface area contributed by atoms with Gasteiger partial charge in [-0.3, -0.25) is 0 Å². The van der Waals surface area contributed by atoms with Crippen molar-refractivity contribution in [2.45, 2.75) is 20.8 Å². The van der Waals surface area contributed by atoms with Gasteiger partial charge in [0.05, 0.1) is 0 Å². The molecule has 1 heteroatoms. The van der Waals surface area contributed by atoms with E-state index in [1.807, 2.05) is 0 Å². The molecule has 1 aliphatic rings. The van der Waals surface area contributed by atoms with Crippen LogP contribution in [0, 0.1) is 11.8 Å². The summed E-state index contributed by atoms with van der Waals surface area (Å²) >= 11 is 0. The van der Waals surface area contributed by atoms with Crippen LogP contribution in [-0.4, -0.2) is 24.5 Å². The molecule has 0 spiro atoms.